The summed E-state index contributed by atoms with van der Waals surface area (Å²) >= 11 is 0. The van der Waals surface area contributed by atoms with Crippen molar-refractivity contribution in [3.05, 3.63) is 11.3 Å². The van der Waals surface area contributed by atoms with Gasteiger partial charge in [0.1, 0.15) is 5.70 Å². The van der Waals surface area contributed by atoms with Crippen molar-refractivity contribution in [3.8, 4) is 0 Å². The summed E-state index contributed by atoms with van der Waals surface area (Å²) in [5.74, 6) is -2.37. The maximum atomic E-state index is 10.4. The third-order valence-electron chi connectivity index (χ3n) is 1.45. The summed E-state index contributed by atoms with van der Waals surface area (Å²) in [6, 6.07) is 0. The predicted octanol–water partition coefficient (Wildman–Crippen LogP) is -0.597. The van der Waals surface area contributed by atoms with Crippen LogP contribution in [0.3, 0.4) is 0 Å². The molecular formula is C6H7NO4. The molecule has 0 aromatic rings. The molecule has 1 heterocycles. The molecule has 0 saturated carbocycles. The molecule has 0 aliphatic carbocycles. The molecule has 0 aromatic carbocycles. The highest BCUT2D eigenvalue weighted by atomic mass is 16.4. The molecule has 11 heavy (non-hydrogen) atoms. The van der Waals surface area contributed by atoms with E-state index in [1.54, 1.807) is 0 Å². The van der Waals surface area contributed by atoms with Crippen LogP contribution in [0, 0.1) is 0 Å². The van der Waals surface area contributed by atoms with Crippen molar-refractivity contribution in [2.45, 2.75) is 6.42 Å². The van der Waals surface area contributed by atoms with Gasteiger partial charge in [0.15, 0.2) is 0 Å². The third kappa shape index (κ3) is 1.31. The average Bonchev–Trinajstić information content (AvgIpc) is 2.32. The molecular weight excluding hydrogens is 150 g/mol. The van der Waals surface area contributed by atoms with Crippen LogP contribution in [0.25, 0.3) is 0 Å². The van der Waals surface area contributed by atoms with Crippen LogP contribution in [0.1, 0.15) is 6.42 Å². The van der Waals surface area contributed by atoms with Crippen LogP contribution in [-0.2, 0) is 9.59 Å². The van der Waals surface area contributed by atoms with Crippen molar-refractivity contribution >= 4 is 11.9 Å². The van der Waals surface area contributed by atoms with Gasteiger partial charge >= 0.3 is 11.9 Å². The first-order valence-electron chi connectivity index (χ1n) is 3.06. The minimum atomic E-state index is -1.21. The molecule has 5 heteroatoms. The largest absolute Gasteiger partial charge is 0.478 e. The minimum absolute atomic E-state index is 0.0440. The van der Waals surface area contributed by atoms with E-state index in [9.17, 15) is 9.59 Å². The second-order valence-electron chi connectivity index (χ2n) is 2.14. The Kier molecular flexibility index (Phi) is 1.80. The average molecular weight is 157 g/mol. The highest BCUT2D eigenvalue weighted by Gasteiger charge is 2.24. The number of carboxylic acids is 2. The second-order valence-corrected chi connectivity index (χ2v) is 2.14. The lowest BCUT2D eigenvalue weighted by atomic mass is 10.2. The fraction of sp³-hybridized carbons (Fsp3) is 0.333. The summed E-state index contributed by atoms with van der Waals surface area (Å²) in [7, 11) is 0. The Labute approximate surface area is 62.3 Å². The van der Waals surface area contributed by atoms with Crippen molar-refractivity contribution in [1.29, 1.82) is 0 Å². The number of hydrogen-bond donors (Lipinski definition) is 3. The number of rotatable bonds is 2. The normalized spacial score (nSPS) is 16.4. The van der Waals surface area contributed by atoms with Crippen LogP contribution in [0.4, 0.5) is 0 Å². The first-order valence-corrected chi connectivity index (χ1v) is 3.06. The molecule has 5 nitrogen and oxygen atoms in total. The molecule has 0 saturated heterocycles. The fourth-order valence-corrected chi connectivity index (χ4v) is 0.963. The standard InChI is InChI=1S/C6H7NO4/c8-5(9)3-1-2-7-4(3)6(10)11/h7H,1-2H2,(H,8,9)(H,10,11). The van der Waals surface area contributed by atoms with E-state index < -0.39 is 11.9 Å². The van der Waals surface area contributed by atoms with E-state index in [1.165, 1.54) is 0 Å². The van der Waals surface area contributed by atoms with Gasteiger partial charge in [-0.2, -0.15) is 0 Å². The van der Waals surface area contributed by atoms with Gasteiger partial charge in [0.25, 0.3) is 0 Å². The lowest BCUT2D eigenvalue weighted by Gasteiger charge is -1.96. The van der Waals surface area contributed by atoms with Crippen LogP contribution in [0.5, 0.6) is 0 Å². The van der Waals surface area contributed by atoms with Crippen LogP contribution < -0.4 is 5.32 Å². The monoisotopic (exact) mass is 157 g/mol. The summed E-state index contributed by atoms with van der Waals surface area (Å²) in [5.41, 5.74) is -0.227. The lowest BCUT2D eigenvalue weighted by molar-refractivity contribution is -0.136. The first-order chi connectivity index (χ1) is 5.13. The molecule has 0 aromatic heterocycles. The lowest BCUT2D eigenvalue weighted by Crippen LogP contribution is -2.16. The number of nitrogens with one attached hydrogen (secondary N) is 1. The van der Waals surface area contributed by atoms with Crippen molar-refractivity contribution < 1.29 is 19.8 Å². The van der Waals surface area contributed by atoms with Crippen molar-refractivity contribution in [2.24, 2.45) is 0 Å². The molecule has 1 rings (SSSR count). The number of carbonyl (C=O) groups is 2. The van der Waals surface area contributed by atoms with Gasteiger partial charge in [-0.05, 0) is 6.42 Å². The third-order valence-corrected chi connectivity index (χ3v) is 1.45. The predicted molar refractivity (Wildman–Crippen MR) is 34.9 cm³/mol. The molecule has 0 radical (unpaired) electrons. The summed E-state index contributed by atoms with van der Waals surface area (Å²) in [5, 5.41) is 19.4. The zero-order valence-electron chi connectivity index (χ0n) is 5.63. The molecule has 0 bridgehead atoms. The first kappa shape index (κ1) is 7.59. The van der Waals surface area contributed by atoms with E-state index in [4.69, 9.17) is 10.2 Å². The fourth-order valence-electron chi connectivity index (χ4n) is 0.963. The van der Waals surface area contributed by atoms with Gasteiger partial charge in [-0.1, -0.05) is 0 Å². The molecule has 0 fully saturated rings. The minimum Gasteiger partial charge on any atom is -0.478 e. The molecule has 60 valence electrons. The van der Waals surface area contributed by atoms with Crippen LogP contribution in [0.2, 0.25) is 0 Å². The van der Waals surface area contributed by atoms with Gasteiger partial charge in [-0.3, -0.25) is 0 Å². The van der Waals surface area contributed by atoms with Gasteiger partial charge in [0.05, 0.1) is 5.57 Å². The van der Waals surface area contributed by atoms with Gasteiger partial charge in [0, 0.05) is 6.54 Å². The Bertz CT molecular complexity index is 219. The van der Waals surface area contributed by atoms with E-state index in [1.807, 2.05) is 0 Å². The quantitative estimate of drug-likeness (QED) is 0.498. The number of hydrogen-bond acceptors (Lipinski definition) is 3. The molecule has 0 atom stereocenters. The Morgan fingerprint density at radius 3 is 2.27 bits per heavy atom. The summed E-state index contributed by atoms with van der Waals surface area (Å²) in [4.78, 5) is 20.7. The Balaban J connectivity index is 2.95. The van der Waals surface area contributed by atoms with Gasteiger partial charge < -0.3 is 15.5 Å². The van der Waals surface area contributed by atoms with E-state index in [0.717, 1.165) is 0 Å². The zero-order chi connectivity index (χ0) is 8.43. The SMILES string of the molecule is O=C(O)C1=C(C(=O)O)NCC1. The van der Waals surface area contributed by atoms with E-state index >= 15 is 0 Å². The molecule has 0 unspecified atom stereocenters. The maximum Gasteiger partial charge on any atom is 0.352 e. The van der Waals surface area contributed by atoms with Gasteiger partial charge in [0.2, 0.25) is 0 Å². The van der Waals surface area contributed by atoms with E-state index in [-0.39, 0.29) is 17.7 Å². The van der Waals surface area contributed by atoms with Crippen molar-refractivity contribution in [3.63, 3.8) is 0 Å². The maximum absolute atomic E-state index is 10.4. The Hall–Kier alpha value is -1.52. The summed E-state index contributed by atoms with van der Waals surface area (Å²) < 4.78 is 0. The molecule has 1 aliphatic rings. The highest BCUT2D eigenvalue weighted by Crippen LogP contribution is 2.13. The molecule has 3 N–H and O–H groups in total. The van der Waals surface area contributed by atoms with Crippen molar-refractivity contribution in [1.82, 2.24) is 5.32 Å². The number of aliphatic carboxylic acids is 2. The van der Waals surface area contributed by atoms with Gasteiger partial charge in [-0.15, -0.1) is 0 Å². The summed E-state index contributed by atoms with van der Waals surface area (Å²) in [6.07, 6.45) is 0.275. The number of carboxylic acid groups (broad SMARTS) is 2. The van der Waals surface area contributed by atoms with Gasteiger partial charge in [-0.25, -0.2) is 9.59 Å². The summed E-state index contributed by atoms with van der Waals surface area (Å²) in [6.45, 7) is 0.392. The van der Waals surface area contributed by atoms with E-state index in [2.05, 4.69) is 5.32 Å². The van der Waals surface area contributed by atoms with Crippen LogP contribution in [-0.4, -0.2) is 28.7 Å². The Morgan fingerprint density at radius 2 is 1.91 bits per heavy atom. The van der Waals surface area contributed by atoms with E-state index in [0.29, 0.717) is 6.54 Å². The second kappa shape index (κ2) is 2.61. The topological polar surface area (TPSA) is 86.6 Å². The molecule has 0 amide bonds. The zero-order valence-corrected chi connectivity index (χ0v) is 5.63. The van der Waals surface area contributed by atoms with Crippen molar-refractivity contribution in [2.75, 3.05) is 6.54 Å². The Morgan fingerprint density at radius 1 is 1.27 bits per heavy atom. The highest BCUT2D eigenvalue weighted by molar-refractivity contribution is 5.99. The van der Waals surface area contributed by atoms with Crippen LogP contribution in [0.15, 0.2) is 11.3 Å². The molecule has 0 spiro atoms. The van der Waals surface area contributed by atoms with Crippen LogP contribution >= 0.6 is 0 Å². The smallest absolute Gasteiger partial charge is 0.352 e. The molecule has 1 aliphatic heterocycles.